The molecule has 1 aromatic rings. The molecule has 2 heterocycles. The van der Waals surface area contributed by atoms with Gasteiger partial charge in [0.15, 0.2) is 0 Å². The zero-order chi connectivity index (χ0) is 11.5. The minimum absolute atomic E-state index is 0.0715. The molecule has 88 valence electrons. The van der Waals surface area contributed by atoms with Gasteiger partial charge in [-0.2, -0.15) is 5.10 Å². The topological polar surface area (TPSA) is 79.2 Å². The Labute approximate surface area is 93.6 Å². The van der Waals surface area contributed by atoms with E-state index in [2.05, 4.69) is 15.7 Å². The largest absolute Gasteiger partial charge is 0.392 e. The average molecular weight is 224 g/mol. The summed E-state index contributed by atoms with van der Waals surface area (Å²) in [5.74, 6) is -0.0715. The van der Waals surface area contributed by atoms with E-state index in [1.54, 1.807) is 10.9 Å². The Morgan fingerprint density at radius 3 is 3.19 bits per heavy atom. The summed E-state index contributed by atoms with van der Waals surface area (Å²) in [6, 6.07) is 1.58. The molecule has 2 unspecified atom stereocenters. The van der Waals surface area contributed by atoms with Gasteiger partial charge in [-0.3, -0.25) is 9.48 Å². The molecule has 1 aromatic heterocycles. The van der Waals surface area contributed by atoms with Gasteiger partial charge in [0.05, 0.1) is 24.4 Å². The van der Waals surface area contributed by atoms with Crippen LogP contribution in [0.4, 0.5) is 0 Å². The van der Waals surface area contributed by atoms with Gasteiger partial charge in [-0.15, -0.1) is 0 Å². The lowest BCUT2D eigenvalue weighted by atomic mass is 10.2. The summed E-state index contributed by atoms with van der Waals surface area (Å²) in [5.41, 5.74) is 0.951. The Hall–Kier alpha value is -1.40. The fourth-order valence-electron chi connectivity index (χ4n) is 1.79. The number of hydrogen-bond donors (Lipinski definition) is 3. The van der Waals surface area contributed by atoms with Crippen molar-refractivity contribution >= 4 is 5.91 Å². The smallest absolute Gasteiger partial charge is 0.237 e. The maximum absolute atomic E-state index is 11.7. The molecule has 0 aliphatic carbocycles. The van der Waals surface area contributed by atoms with Crippen LogP contribution in [-0.4, -0.2) is 39.5 Å². The van der Waals surface area contributed by atoms with E-state index in [4.69, 9.17) is 0 Å². The third-order valence-corrected chi connectivity index (χ3v) is 2.79. The van der Waals surface area contributed by atoms with E-state index >= 15 is 0 Å². The minimum atomic E-state index is -0.410. The zero-order valence-electron chi connectivity index (χ0n) is 9.18. The molecule has 0 radical (unpaired) electrons. The average Bonchev–Trinajstić information content (AvgIpc) is 2.84. The Balaban J connectivity index is 1.82. The van der Waals surface area contributed by atoms with Crippen molar-refractivity contribution in [2.24, 2.45) is 7.05 Å². The number of aliphatic hydroxyl groups excluding tert-OH is 1. The minimum Gasteiger partial charge on any atom is -0.392 e. The number of aromatic nitrogens is 2. The molecule has 6 nitrogen and oxygen atoms in total. The van der Waals surface area contributed by atoms with Gasteiger partial charge in [-0.1, -0.05) is 0 Å². The molecular formula is C10H16N4O2. The predicted molar refractivity (Wildman–Crippen MR) is 57.5 cm³/mol. The van der Waals surface area contributed by atoms with Crippen molar-refractivity contribution in [3.05, 3.63) is 18.0 Å². The highest BCUT2D eigenvalue weighted by atomic mass is 16.3. The van der Waals surface area contributed by atoms with Gasteiger partial charge in [0.2, 0.25) is 5.91 Å². The van der Waals surface area contributed by atoms with Crippen molar-refractivity contribution in [2.75, 3.05) is 6.54 Å². The molecule has 0 aromatic carbocycles. The van der Waals surface area contributed by atoms with Gasteiger partial charge in [-0.05, 0) is 12.5 Å². The molecular weight excluding hydrogens is 208 g/mol. The van der Waals surface area contributed by atoms with Crippen molar-refractivity contribution in [1.82, 2.24) is 20.4 Å². The van der Waals surface area contributed by atoms with Crippen molar-refractivity contribution in [3.63, 3.8) is 0 Å². The zero-order valence-corrected chi connectivity index (χ0v) is 9.18. The van der Waals surface area contributed by atoms with Gasteiger partial charge < -0.3 is 15.7 Å². The summed E-state index contributed by atoms with van der Waals surface area (Å²) in [6.07, 6.45) is 1.77. The fourth-order valence-corrected chi connectivity index (χ4v) is 1.79. The van der Waals surface area contributed by atoms with Crippen LogP contribution in [0.25, 0.3) is 0 Å². The maximum atomic E-state index is 11.7. The lowest BCUT2D eigenvalue weighted by molar-refractivity contribution is -0.123. The highest BCUT2D eigenvalue weighted by Crippen LogP contribution is 2.06. The summed E-state index contributed by atoms with van der Waals surface area (Å²) in [6.45, 7) is 0.952. The second-order valence-electron chi connectivity index (χ2n) is 4.01. The molecule has 2 rings (SSSR count). The third kappa shape index (κ3) is 2.40. The number of β-amino-alcohol motifs (C(OH)–C–C–N with tert-alkyl or cyclic N) is 1. The summed E-state index contributed by atoms with van der Waals surface area (Å²) in [4.78, 5) is 11.7. The standard InChI is InChI=1S/C10H16N4O2/c1-14-7(2-3-13-14)5-12-10(16)9-4-8(15)6-11-9/h2-3,8-9,11,15H,4-6H2,1H3,(H,12,16). The number of nitrogens with zero attached hydrogens (tertiary/aromatic N) is 2. The van der Waals surface area contributed by atoms with Crippen LogP contribution < -0.4 is 10.6 Å². The van der Waals surface area contributed by atoms with Crippen LogP contribution in [0.1, 0.15) is 12.1 Å². The normalized spacial score (nSPS) is 24.6. The van der Waals surface area contributed by atoms with Crippen LogP contribution in [-0.2, 0) is 18.4 Å². The Bertz CT molecular complexity index is 377. The number of carbonyl (C=O) groups excluding carboxylic acids is 1. The fraction of sp³-hybridized carbons (Fsp3) is 0.600. The quantitative estimate of drug-likeness (QED) is 0.600. The van der Waals surface area contributed by atoms with E-state index in [-0.39, 0.29) is 11.9 Å². The van der Waals surface area contributed by atoms with Crippen molar-refractivity contribution in [1.29, 1.82) is 0 Å². The molecule has 1 fully saturated rings. The number of aliphatic hydroxyl groups is 1. The first-order valence-corrected chi connectivity index (χ1v) is 5.33. The van der Waals surface area contributed by atoms with Crippen molar-refractivity contribution < 1.29 is 9.90 Å². The molecule has 1 saturated heterocycles. The molecule has 1 aliphatic heterocycles. The Morgan fingerprint density at radius 1 is 1.81 bits per heavy atom. The van der Waals surface area contributed by atoms with E-state index in [0.717, 1.165) is 5.69 Å². The third-order valence-electron chi connectivity index (χ3n) is 2.79. The van der Waals surface area contributed by atoms with E-state index in [1.807, 2.05) is 13.1 Å². The van der Waals surface area contributed by atoms with E-state index < -0.39 is 6.10 Å². The number of aryl methyl sites for hydroxylation is 1. The van der Waals surface area contributed by atoms with Crippen LogP contribution in [0.15, 0.2) is 12.3 Å². The van der Waals surface area contributed by atoms with Gasteiger partial charge in [0.1, 0.15) is 0 Å². The van der Waals surface area contributed by atoms with Crippen LogP contribution >= 0.6 is 0 Å². The first-order valence-electron chi connectivity index (χ1n) is 5.33. The molecule has 2 atom stereocenters. The Morgan fingerprint density at radius 2 is 2.62 bits per heavy atom. The highest BCUT2D eigenvalue weighted by Gasteiger charge is 2.27. The van der Waals surface area contributed by atoms with Crippen molar-refractivity contribution in [3.8, 4) is 0 Å². The van der Waals surface area contributed by atoms with E-state index in [1.165, 1.54) is 0 Å². The summed E-state index contributed by atoms with van der Waals surface area (Å²) >= 11 is 0. The molecule has 16 heavy (non-hydrogen) atoms. The lowest BCUT2D eigenvalue weighted by Gasteiger charge is -2.10. The lowest BCUT2D eigenvalue weighted by Crippen LogP contribution is -2.40. The summed E-state index contributed by atoms with van der Waals surface area (Å²) in [7, 11) is 1.83. The van der Waals surface area contributed by atoms with Gasteiger partial charge in [0, 0.05) is 19.8 Å². The van der Waals surface area contributed by atoms with Crippen LogP contribution in [0.2, 0.25) is 0 Å². The van der Waals surface area contributed by atoms with Gasteiger partial charge >= 0.3 is 0 Å². The summed E-state index contributed by atoms with van der Waals surface area (Å²) < 4.78 is 1.72. The number of nitrogens with one attached hydrogen (secondary N) is 2. The number of rotatable bonds is 3. The number of amides is 1. The second kappa shape index (κ2) is 4.63. The first kappa shape index (κ1) is 11.1. The first-order chi connectivity index (χ1) is 7.66. The van der Waals surface area contributed by atoms with E-state index in [0.29, 0.717) is 19.5 Å². The van der Waals surface area contributed by atoms with E-state index in [9.17, 15) is 9.90 Å². The second-order valence-corrected chi connectivity index (χ2v) is 4.01. The summed E-state index contributed by atoms with van der Waals surface area (Å²) in [5, 5.41) is 19.1. The van der Waals surface area contributed by atoms with Crippen LogP contribution in [0.5, 0.6) is 0 Å². The van der Waals surface area contributed by atoms with Crippen LogP contribution in [0, 0.1) is 0 Å². The van der Waals surface area contributed by atoms with Crippen LogP contribution in [0.3, 0.4) is 0 Å². The molecule has 0 bridgehead atoms. The molecule has 1 amide bonds. The highest BCUT2D eigenvalue weighted by molar-refractivity contribution is 5.82. The monoisotopic (exact) mass is 224 g/mol. The molecule has 3 N–H and O–H groups in total. The molecule has 0 saturated carbocycles. The van der Waals surface area contributed by atoms with Gasteiger partial charge in [-0.25, -0.2) is 0 Å². The molecule has 6 heteroatoms. The molecule has 1 aliphatic rings. The number of hydrogen-bond acceptors (Lipinski definition) is 4. The number of carbonyl (C=O) groups is 1. The predicted octanol–water partition coefficient (Wildman–Crippen LogP) is -1.24. The van der Waals surface area contributed by atoms with Gasteiger partial charge in [0.25, 0.3) is 0 Å². The SMILES string of the molecule is Cn1nccc1CNC(=O)C1CC(O)CN1. The molecule has 0 spiro atoms. The Kier molecular flexibility index (Phi) is 3.21. The maximum Gasteiger partial charge on any atom is 0.237 e. The van der Waals surface area contributed by atoms with Crippen molar-refractivity contribution in [2.45, 2.75) is 25.1 Å².